The first kappa shape index (κ1) is 15.1. The summed E-state index contributed by atoms with van der Waals surface area (Å²) in [5.74, 6) is 2.26. The Morgan fingerprint density at radius 1 is 1.04 bits per heavy atom. The van der Waals surface area contributed by atoms with E-state index in [4.69, 9.17) is 4.52 Å². The summed E-state index contributed by atoms with van der Waals surface area (Å²) in [6.07, 6.45) is 5.03. The van der Waals surface area contributed by atoms with Crippen molar-refractivity contribution in [1.29, 1.82) is 0 Å². The highest BCUT2D eigenvalue weighted by atomic mass is 16.5. The highest BCUT2D eigenvalue weighted by molar-refractivity contribution is 5.55. The molecule has 1 N–H and O–H groups in total. The molecule has 1 aromatic carbocycles. The largest absolute Gasteiger partial charge is 0.362 e. The Hall–Kier alpha value is -2.76. The Bertz CT molecular complexity index is 752. The van der Waals surface area contributed by atoms with Gasteiger partial charge >= 0.3 is 0 Å². The van der Waals surface area contributed by atoms with Crippen LogP contribution >= 0.6 is 0 Å². The van der Waals surface area contributed by atoms with E-state index in [1.54, 1.807) is 18.6 Å². The lowest BCUT2D eigenvalue weighted by Gasteiger charge is -2.14. The monoisotopic (exact) mass is 309 g/mol. The molecule has 0 spiro atoms. The molecule has 6 nitrogen and oxygen atoms in total. The first-order valence-electron chi connectivity index (χ1n) is 7.60. The molecule has 0 amide bonds. The minimum Gasteiger partial charge on any atom is -0.362 e. The van der Waals surface area contributed by atoms with Crippen LogP contribution in [0.2, 0.25) is 0 Å². The molecule has 2 heterocycles. The summed E-state index contributed by atoms with van der Waals surface area (Å²) < 4.78 is 5.25. The van der Waals surface area contributed by atoms with Gasteiger partial charge in [0.25, 0.3) is 0 Å². The molecule has 6 heteroatoms. The van der Waals surface area contributed by atoms with E-state index in [0.29, 0.717) is 11.7 Å². The molecule has 0 saturated carbocycles. The van der Waals surface area contributed by atoms with Crippen LogP contribution in [0.15, 0.2) is 47.4 Å². The van der Waals surface area contributed by atoms with Crippen LogP contribution in [0.3, 0.4) is 0 Å². The van der Waals surface area contributed by atoms with Gasteiger partial charge in [-0.1, -0.05) is 43.3 Å². The second-order valence-corrected chi connectivity index (χ2v) is 5.69. The van der Waals surface area contributed by atoms with Crippen molar-refractivity contribution in [3.05, 3.63) is 54.3 Å². The number of nitrogens with zero attached hydrogens (tertiary/aromatic N) is 4. The normalized spacial score (nSPS) is 12.3. The zero-order valence-electron chi connectivity index (χ0n) is 13.4. The smallest absolute Gasteiger partial charge is 0.229 e. The van der Waals surface area contributed by atoms with Crippen LogP contribution in [0.25, 0.3) is 11.4 Å². The first-order chi connectivity index (χ1) is 11.1. The van der Waals surface area contributed by atoms with Crippen molar-refractivity contribution in [3.8, 4) is 11.4 Å². The molecule has 0 radical (unpaired) electrons. The van der Waals surface area contributed by atoms with E-state index in [2.05, 4.69) is 44.5 Å². The molecule has 2 aromatic heterocycles. The highest BCUT2D eigenvalue weighted by Gasteiger charge is 2.12. The van der Waals surface area contributed by atoms with Crippen LogP contribution in [0.5, 0.6) is 0 Å². The molecule has 3 rings (SSSR count). The van der Waals surface area contributed by atoms with Crippen LogP contribution in [0, 0.1) is 0 Å². The predicted molar refractivity (Wildman–Crippen MR) is 87.9 cm³/mol. The topological polar surface area (TPSA) is 76.7 Å². The van der Waals surface area contributed by atoms with Crippen molar-refractivity contribution >= 4 is 5.82 Å². The number of aromatic nitrogens is 4. The van der Waals surface area contributed by atoms with Crippen LogP contribution in [0.4, 0.5) is 5.82 Å². The van der Waals surface area contributed by atoms with Gasteiger partial charge in [0.1, 0.15) is 5.82 Å². The van der Waals surface area contributed by atoms with E-state index in [0.717, 1.165) is 16.9 Å². The summed E-state index contributed by atoms with van der Waals surface area (Å²) in [7, 11) is 0. The molecule has 0 fully saturated rings. The molecule has 0 bridgehead atoms. The van der Waals surface area contributed by atoms with Gasteiger partial charge in [-0.25, -0.2) is 4.98 Å². The maximum absolute atomic E-state index is 5.25. The molecule has 1 unspecified atom stereocenters. The van der Waals surface area contributed by atoms with E-state index in [9.17, 15) is 0 Å². The third-order valence-corrected chi connectivity index (χ3v) is 3.53. The summed E-state index contributed by atoms with van der Waals surface area (Å²) >= 11 is 0. The Kier molecular flexibility index (Phi) is 4.32. The second kappa shape index (κ2) is 6.56. The van der Waals surface area contributed by atoms with Gasteiger partial charge in [-0.2, -0.15) is 4.98 Å². The van der Waals surface area contributed by atoms with E-state index in [1.165, 1.54) is 0 Å². The Morgan fingerprint density at radius 3 is 2.43 bits per heavy atom. The van der Waals surface area contributed by atoms with Gasteiger partial charge in [0.05, 0.1) is 6.20 Å². The quantitative estimate of drug-likeness (QED) is 0.772. The van der Waals surface area contributed by atoms with Crippen LogP contribution in [-0.2, 0) is 0 Å². The molecule has 118 valence electrons. The molecule has 0 saturated heterocycles. The van der Waals surface area contributed by atoms with E-state index in [-0.39, 0.29) is 12.0 Å². The van der Waals surface area contributed by atoms with Gasteiger partial charge in [0.2, 0.25) is 11.7 Å². The Morgan fingerprint density at radius 2 is 1.83 bits per heavy atom. The minimum atomic E-state index is 0.122. The third kappa shape index (κ3) is 3.53. The number of hydrogen-bond donors (Lipinski definition) is 1. The molecular weight excluding hydrogens is 290 g/mol. The molecule has 0 aliphatic carbocycles. The molecule has 23 heavy (non-hydrogen) atoms. The van der Waals surface area contributed by atoms with Gasteiger partial charge in [0, 0.05) is 29.9 Å². The van der Waals surface area contributed by atoms with Crippen LogP contribution in [-0.4, -0.2) is 20.1 Å². The van der Waals surface area contributed by atoms with Crippen molar-refractivity contribution < 1.29 is 4.52 Å². The Labute approximate surface area is 135 Å². The zero-order valence-corrected chi connectivity index (χ0v) is 13.4. The number of anilines is 1. The van der Waals surface area contributed by atoms with E-state index < -0.39 is 0 Å². The standard InChI is InChI=1S/C17H19N5O/c1-11(2)17-21-16(22-23-17)14-6-4-13(5-7-14)12(3)20-15-10-18-8-9-19-15/h4-12H,1-3H3,(H,19,20). The van der Waals surface area contributed by atoms with Gasteiger partial charge in [-0.15, -0.1) is 0 Å². The lowest BCUT2D eigenvalue weighted by molar-refractivity contribution is 0.365. The summed E-state index contributed by atoms with van der Waals surface area (Å²) in [6, 6.07) is 8.22. The average Bonchev–Trinajstić information content (AvgIpc) is 3.06. The second-order valence-electron chi connectivity index (χ2n) is 5.69. The summed E-state index contributed by atoms with van der Waals surface area (Å²) in [5, 5.41) is 7.34. The van der Waals surface area contributed by atoms with E-state index >= 15 is 0 Å². The average molecular weight is 309 g/mol. The zero-order chi connectivity index (χ0) is 16.2. The van der Waals surface area contributed by atoms with Crippen molar-refractivity contribution in [2.24, 2.45) is 0 Å². The van der Waals surface area contributed by atoms with Crippen LogP contribution in [0.1, 0.15) is 44.2 Å². The van der Waals surface area contributed by atoms with Gasteiger partial charge < -0.3 is 9.84 Å². The lowest BCUT2D eigenvalue weighted by atomic mass is 10.1. The van der Waals surface area contributed by atoms with Crippen molar-refractivity contribution in [2.75, 3.05) is 5.32 Å². The third-order valence-electron chi connectivity index (χ3n) is 3.53. The number of nitrogens with one attached hydrogen (secondary N) is 1. The highest BCUT2D eigenvalue weighted by Crippen LogP contribution is 2.23. The molecule has 0 aliphatic heterocycles. The van der Waals surface area contributed by atoms with Crippen molar-refractivity contribution in [1.82, 2.24) is 20.1 Å². The number of rotatable bonds is 5. The lowest BCUT2D eigenvalue weighted by Crippen LogP contribution is -2.07. The minimum absolute atomic E-state index is 0.122. The fourth-order valence-corrected chi connectivity index (χ4v) is 2.19. The molecule has 0 aliphatic rings. The molecule has 3 aromatic rings. The van der Waals surface area contributed by atoms with Gasteiger partial charge in [0.15, 0.2) is 0 Å². The molecule has 1 atom stereocenters. The fraction of sp³-hybridized carbons (Fsp3) is 0.294. The maximum atomic E-state index is 5.25. The maximum Gasteiger partial charge on any atom is 0.229 e. The fourth-order valence-electron chi connectivity index (χ4n) is 2.19. The predicted octanol–water partition coefficient (Wildman–Crippen LogP) is 3.82. The number of benzene rings is 1. The summed E-state index contributed by atoms with van der Waals surface area (Å²) in [6.45, 7) is 6.13. The first-order valence-corrected chi connectivity index (χ1v) is 7.60. The van der Waals surface area contributed by atoms with Crippen LogP contribution < -0.4 is 5.32 Å². The summed E-state index contributed by atoms with van der Waals surface area (Å²) in [5.41, 5.74) is 2.09. The summed E-state index contributed by atoms with van der Waals surface area (Å²) in [4.78, 5) is 12.7. The van der Waals surface area contributed by atoms with Crippen molar-refractivity contribution in [3.63, 3.8) is 0 Å². The van der Waals surface area contributed by atoms with Gasteiger partial charge in [-0.05, 0) is 12.5 Å². The number of hydrogen-bond acceptors (Lipinski definition) is 6. The SMILES string of the molecule is CC(C)c1nc(-c2ccc(C(C)Nc3cnccn3)cc2)no1. The van der Waals surface area contributed by atoms with E-state index in [1.807, 2.05) is 26.0 Å². The van der Waals surface area contributed by atoms with Crippen molar-refractivity contribution in [2.45, 2.75) is 32.7 Å². The Balaban J connectivity index is 1.73. The molecular formula is C17H19N5O. The van der Waals surface area contributed by atoms with Gasteiger partial charge in [-0.3, -0.25) is 4.98 Å².